The van der Waals surface area contributed by atoms with Crippen LogP contribution in [-0.2, 0) is 23.1 Å². The molecule has 1 aromatic heterocycles. The second-order valence-corrected chi connectivity index (χ2v) is 5.90. The molecule has 6 heteroatoms. The van der Waals surface area contributed by atoms with Crippen molar-refractivity contribution in [2.24, 2.45) is 13.0 Å². The summed E-state index contributed by atoms with van der Waals surface area (Å²) in [5, 5.41) is 14.3. The summed E-state index contributed by atoms with van der Waals surface area (Å²) in [5.74, 6) is -0.803. The fourth-order valence-electron chi connectivity index (χ4n) is 2.92. The van der Waals surface area contributed by atoms with E-state index in [-0.39, 0.29) is 30.7 Å². The molecule has 2 heterocycles. The molecule has 1 aliphatic heterocycles. The Labute approximate surface area is 134 Å². The van der Waals surface area contributed by atoms with E-state index in [1.807, 2.05) is 31.4 Å². The third-order valence-corrected chi connectivity index (χ3v) is 4.12. The highest BCUT2D eigenvalue weighted by molar-refractivity contribution is 6.03. The standard InChI is InChI=1S/C17H19N3O3/c1-19-10-12(9-18-19)7-14-8-16(22)20(17(14)23)11-15(21)13-5-3-2-4-6-13/h2-6,9-10,14-15,21H,7-8,11H2,1H3. The number of rotatable bonds is 5. The van der Waals surface area contributed by atoms with E-state index >= 15 is 0 Å². The van der Waals surface area contributed by atoms with Crippen LogP contribution in [0.15, 0.2) is 42.7 Å². The fraction of sp³-hybridized carbons (Fsp3) is 0.353. The fourth-order valence-corrected chi connectivity index (χ4v) is 2.92. The third-order valence-electron chi connectivity index (χ3n) is 4.12. The Morgan fingerprint density at radius 2 is 2.04 bits per heavy atom. The maximum atomic E-state index is 12.5. The Morgan fingerprint density at radius 3 is 2.70 bits per heavy atom. The van der Waals surface area contributed by atoms with Crippen molar-refractivity contribution in [2.75, 3.05) is 6.54 Å². The molecule has 1 N–H and O–H groups in total. The Morgan fingerprint density at radius 1 is 1.30 bits per heavy atom. The van der Waals surface area contributed by atoms with Crippen LogP contribution in [0.1, 0.15) is 23.7 Å². The van der Waals surface area contributed by atoms with Crippen LogP contribution < -0.4 is 0 Å². The van der Waals surface area contributed by atoms with Gasteiger partial charge in [0.25, 0.3) is 0 Å². The lowest BCUT2D eigenvalue weighted by Crippen LogP contribution is -2.34. The van der Waals surface area contributed by atoms with Crippen molar-refractivity contribution >= 4 is 11.8 Å². The van der Waals surface area contributed by atoms with Gasteiger partial charge in [0.1, 0.15) is 0 Å². The minimum absolute atomic E-state index is 0.00518. The Hall–Kier alpha value is -2.47. The van der Waals surface area contributed by atoms with E-state index in [1.165, 1.54) is 4.90 Å². The topological polar surface area (TPSA) is 75.4 Å². The first-order valence-corrected chi connectivity index (χ1v) is 7.59. The number of imide groups is 1. The van der Waals surface area contributed by atoms with E-state index in [4.69, 9.17) is 0 Å². The number of aromatic nitrogens is 2. The lowest BCUT2D eigenvalue weighted by atomic mass is 10.0. The predicted octanol–water partition coefficient (Wildman–Crippen LogP) is 1.07. The van der Waals surface area contributed by atoms with Crippen molar-refractivity contribution in [3.63, 3.8) is 0 Å². The normalized spacial score (nSPS) is 19.4. The monoisotopic (exact) mass is 313 g/mol. The molecule has 2 aromatic rings. The molecule has 0 bridgehead atoms. The van der Waals surface area contributed by atoms with Crippen LogP contribution in [0, 0.1) is 5.92 Å². The predicted molar refractivity (Wildman–Crippen MR) is 83.1 cm³/mol. The molecule has 6 nitrogen and oxygen atoms in total. The molecule has 0 saturated carbocycles. The maximum absolute atomic E-state index is 12.5. The number of hydrogen-bond acceptors (Lipinski definition) is 4. The number of amides is 2. The van der Waals surface area contributed by atoms with E-state index in [9.17, 15) is 14.7 Å². The summed E-state index contributed by atoms with van der Waals surface area (Å²) in [6.45, 7) is 0.00518. The molecule has 23 heavy (non-hydrogen) atoms. The van der Waals surface area contributed by atoms with Gasteiger partial charge in [-0.15, -0.1) is 0 Å². The molecule has 1 saturated heterocycles. The number of benzene rings is 1. The Bertz CT molecular complexity index is 711. The second kappa shape index (κ2) is 6.34. The highest BCUT2D eigenvalue weighted by atomic mass is 16.3. The summed E-state index contributed by atoms with van der Waals surface area (Å²) in [4.78, 5) is 25.8. The molecular formula is C17H19N3O3. The molecule has 2 unspecified atom stereocenters. The molecule has 1 fully saturated rings. The molecule has 3 rings (SSSR count). The van der Waals surface area contributed by atoms with Crippen LogP contribution in [0.3, 0.4) is 0 Å². The van der Waals surface area contributed by atoms with Crippen molar-refractivity contribution in [2.45, 2.75) is 18.9 Å². The summed E-state index contributed by atoms with van der Waals surface area (Å²) in [5.41, 5.74) is 1.63. The van der Waals surface area contributed by atoms with Crippen molar-refractivity contribution in [3.05, 3.63) is 53.9 Å². The minimum atomic E-state index is -0.860. The molecule has 1 aromatic carbocycles. The lowest BCUT2D eigenvalue weighted by molar-refractivity contribution is -0.141. The number of likely N-dealkylation sites (tertiary alicyclic amines) is 1. The van der Waals surface area contributed by atoms with Gasteiger partial charge in [0, 0.05) is 19.7 Å². The van der Waals surface area contributed by atoms with Gasteiger partial charge < -0.3 is 5.11 Å². The number of aliphatic hydroxyl groups excluding tert-OH is 1. The van der Waals surface area contributed by atoms with Gasteiger partial charge in [-0.3, -0.25) is 19.2 Å². The van der Waals surface area contributed by atoms with Crippen molar-refractivity contribution in [1.29, 1.82) is 0 Å². The van der Waals surface area contributed by atoms with Crippen molar-refractivity contribution in [3.8, 4) is 0 Å². The summed E-state index contributed by atoms with van der Waals surface area (Å²) in [6.07, 6.45) is 3.38. The van der Waals surface area contributed by atoms with E-state index in [1.54, 1.807) is 23.0 Å². The summed E-state index contributed by atoms with van der Waals surface area (Å²) in [6, 6.07) is 9.05. The first-order valence-electron chi connectivity index (χ1n) is 7.59. The van der Waals surface area contributed by atoms with E-state index in [0.29, 0.717) is 12.0 Å². The third kappa shape index (κ3) is 3.32. The van der Waals surface area contributed by atoms with Gasteiger partial charge in [0.15, 0.2) is 0 Å². The Balaban J connectivity index is 1.66. The van der Waals surface area contributed by atoms with E-state index < -0.39 is 6.10 Å². The van der Waals surface area contributed by atoms with Gasteiger partial charge in [-0.05, 0) is 17.5 Å². The van der Waals surface area contributed by atoms with Crippen LogP contribution in [-0.4, -0.2) is 38.1 Å². The van der Waals surface area contributed by atoms with Crippen molar-refractivity contribution < 1.29 is 14.7 Å². The molecule has 1 aliphatic rings. The number of β-amino-alcohol motifs (C(OH)–C–C–N with tert-alkyl or cyclic N) is 1. The highest BCUT2D eigenvalue weighted by Crippen LogP contribution is 2.25. The van der Waals surface area contributed by atoms with Gasteiger partial charge in [0.2, 0.25) is 11.8 Å². The quantitative estimate of drug-likeness (QED) is 0.838. The molecule has 2 atom stereocenters. The van der Waals surface area contributed by atoms with Crippen LogP contribution in [0.2, 0.25) is 0 Å². The number of aryl methyl sites for hydroxylation is 1. The average Bonchev–Trinajstić information content (AvgIpc) is 3.07. The van der Waals surface area contributed by atoms with Gasteiger partial charge in [0.05, 0.1) is 24.8 Å². The molecule has 120 valence electrons. The number of hydrogen-bond donors (Lipinski definition) is 1. The SMILES string of the molecule is Cn1cc(CC2CC(=O)N(CC(O)c3ccccc3)C2=O)cn1. The molecule has 0 spiro atoms. The van der Waals surface area contributed by atoms with E-state index in [2.05, 4.69) is 5.10 Å². The summed E-state index contributed by atoms with van der Waals surface area (Å²) < 4.78 is 1.67. The van der Waals surface area contributed by atoms with Gasteiger partial charge in [-0.2, -0.15) is 5.10 Å². The number of aliphatic hydroxyl groups is 1. The van der Waals surface area contributed by atoms with Crippen LogP contribution in [0.5, 0.6) is 0 Å². The second-order valence-electron chi connectivity index (χ2n) is 5.90. The zero-order chi connectivity index (χ0) is 16.4. The lowest BCUT2D eigenvalue weighted by Gasteiger charge is -2.19. The zero-order valence-corrected chi connectivity index (χ0v) is 12.9. The van der Waals surface area contributed by atoms with Gasteiger partial charge in [-0.25, -0.2) is 0 Å². The zero-order valence-electron chi connectivity index (χ0n) is 12.9. The van der Waals surface area contributed by atoms with Gasteiger partial charge in [-0.1, -0.05) is 30.3 Å². The Kier molecular flexibility index (Phi) is 4.25. The number of nitrogens with zero attached hydrogens (tertiary/aromatic N) is 3. The maximum Gasteiger partial charge on any atom is 0.233 e. The van der Waals surface area contributed by atoms with Crippen LogP contribution in [0.25, 0.3) is 0 Å². The summed E-state index contributed by atoms with van der Waals surface area (Å²) >= 11 is 0. The molecule has 0 aliphatic carbocycles. The van der Waals surface area contributed by atoms with Crippen LogP contribution >= 0.6 is 0 Å². The minimum Gasteiger partial charge on any atom is -0.387 e. The smallest absolute Gasteiger partial charge is 0.233 e. The average molecular weight is 313 g/mol. The van der Waals surface area contributed by atoms with Crippen LogP contribution in [0.4, 0.5) is 0 Å². The first-order chi connectivity index (χ1) is 11.0. The van der Waals surface area contributed by atoms with E-state index in [0.717, 1.165) is 5.56 Å². The summed E-state index contributed by atoms with van der Waals surface area (Å²) in [7, 11) is 1.81. The largest absolute Gasteiger partial charge is 0.387 e. The molecule has 2 amide bonds. The number of carbonyl (C=O) groups is 2. The van der Waals surface area contributed by atoms with Gasteiger partial charge >= 0.3 is 0 Å². The number of carbonyl (C=O) groups excluding carboxylic acids is 2. The first kappa shape index (κ1) is 15.4. The molecular weight excluding hydrogens is 294 g/mol. The van der Waals surface area contributed by atoms with Crippen molar-refractivity contribution in [1.82, 2.24) is 14.7 Å². The molecule has 0 radical (unpaired) electrons. The highest BCUT2D eigenvalue weighted by Gasteiger charge is 2.39.